The zero-order chi connectivity index (χ0) is 6.10. The Balaban J connectivity index is 2.39. The van der Waals surface area contributed by atoms with E-state index >= 15 is 0 Å². The van der Waals surface area contributed by atoms with Crippen LogP contribution in [0.4, 0.5) is 0 Å². The molecule has 0 N–H and O–H groups in total. The summed E-state index contributed by atoms with van der Waals surface area (Å²) in [5.41, 5.74) is 1.78. The fourth-order valence-electron chi connectivity index (χ4n) is 0.967. The van der Waals surface area contributed by atoms with Gasteiger partial charge in [0.05, 0.1) is 0 Å². The quantitative estimate of drug-likeness (QED) is 0.511. The first-order chi connectivity index (χ1) is 4.47. The first kappa shape index (κ1) is 4.97. The number of aromatic nitrogens is 2. The van der Waals surface area contributed by atoms with E-state index < -0.39 is 0 Å². The molecule has 1 aliphatic rings. The van der Waals surface area contributed by atoms with Gasteiger partial charge >= 0.3 is 0 Å². The molecule has 0 fully saturated rings. The van der Waals surface area contributed by atoms with Crippen LogP contribution in [0.5, 0.6) is 0 Å². The Hall–Kier alpha value is -0.860. The zero-order valence-electron chi connectivity index (χ0n) is 4.92. The SMILES string of the molecule is [C]1CCCc2nonc21. The maximum absolute atomic E-state index is 4.50. The molecule has 0 spiro atoms. The maximum atomic E-state index is 4.50. The van der Waals surface area contributed by atoms with Gasteiger partial charge in [0, 0.05) is 6.42 Å². The second kappa shape index (κ2) is 1.83. The normalized spacial score (nSPS) is 17.3. The summed E-state index contributed by atoms with van der Waals surface area (Å²) in [6.45, 7) is 0. The van der Waals surface area contributed by atoms with Gasteiger partial charge in [-0.2, -0.15) is 0 Å². The molecule has 3 nitrogen and oxygen atoms in total. The van der Waals surface area contributed by atoms with Crippen molar-refractivity contribution < 1.29 is 4.63 Å². The van der Waals surface area contributed by atoms with E-state index in [0.29, 0.717) is 0 Å². The van der Waals surface area contributed by atoms with E-state index in [2.05, 4.69) is 21.4 Å². The minimum absolute atomic E-state index is 0.821. The highest BCUT2D eigenvalue weighted by Crippen LogP contribution is 2.17. The highest BCUT2D eigenvalue weighted by Gasteiger charge is 2.14. The van der Waals surface area contributed by atoms with Crippen LogP contribution in [0.25, 0.3) is 0 Å². The molecule has 0 aromatic carbocycles. The summed E-state index contributed by atoms with van der Waals surface area (Å²) in [4.78, 5) is 0. The van der Waals surface area contributed by atoms with Gasteiger partial charge in [-0.1, -0.05) is 10.3 Å². The smallest absolute Gasteiger partial charge is 0.116 e. The number of rotatable bonds is 0. The van der Waals surface area contributed by atoms with Crippen molar-refractivity contribution >= 4 is 0 Å². The summed E-state index contributed by atoms with van der Waals surface area (Å²) < 4.78 is 4.50. The van der Waals surface area contributed by atoms with Gasteiger partial charge in [0.15, 0.2) is 0 Å². The van der Waals surface area contributed by atoms with E-state index in [4.69, 9.17) is 0 Å². The highest BCUT2D eigenvalue weighted by molar-refractivity contribution is 5.19. The lowest BCUT2D eigenvalue weighted by Crippen LogP contribution is -1.98. The van der Waals surface area contributed by atoms with Gasteiger partial charge in [-0.05, 0) is 19.3 Å². The summed E-state index contributed by atoms with van der Waals surface area (Å²) >= 11 is 0. The van der Waals surface area contributed by atoms with Crippen LogP contribution in [0.2, 0.25) is 0 Å². The Morgan fingerprint density at radius 1 is 1.44 bits per heavy atom. The Morgan fingerprint density at radius 3 is 3.33 bits per heavy atom. The van der Waals surface area contributed by atoms with Gasteiger partial charge in [0.25, 0.3) is 0 Å². The number of fused-ring (bicyclic) bond motifs is 1. The van der Waals surface area contributed by atoms with E-state index in [1.54, 1.807) is 0 Å². The molecule has 1 aliphatic carbocycles. The van der Waals surface area contributed by atoms with E-state index in [1.165, 1.54) is 0 Å². The molecule has 2 radical (unpaired) electrons. The number of aryl methyl sites for hydroxylation is 1. The van der Waals surface area contributed by atoms with Crippen molar-refractivity contribution in [3.63, 3.8) is 0 Å². The van der Waals surface area contributed by atoms with E-state index in [0.717, 1.165) is 30.7 Å². The molecule has 0 atom stereocenters. The van der Waals surface area contributed by atoms with Crippen molar-refractivity contribution in [2.75, 3.05) is 0 Å². The summed E-state index contributed by atoms with van der Waals surface area (Å²) in [6, 6.07) is 0. The predicted octanol–water partition coefficient (Wildman–Crippen LogP) is 0.835. The van der Waals surface area contributed by atoms with E-state index in [-0.39, 0.29) is 0 Å². The molecule has 0 saturated carbocycles. The van der Waals surface area contributed by atoms with Crippen LogP contribution in [0.3, 0.4) is 0 Å². The molecule has 0 unspecified atom stereocenters. The third-order valence-corrected chi connectivity index (χ3v) is 1.44. The monoisotopic (exact) mass is 122 g/mol. The second-order valence-corrected chi connectivity index (χ2v) is 2.09. The zero-order valence-corrected chi connectivity index (χ0v) is 4.92. The molecule has 9 heavy (non-hydrogen) atoms. The molecule has 1 heterocycles. The number of hydrogen-bond acceptors (Lipinski definition) is 3. The van der Waals surface area contributed by atoms with Crippen molar-refractivity contribution in [1.29, 1.82) is 0 Å². The van der Waals surface area contributed by atoms with Crippen LogP contribution in [-0.4, -0.2) is 10.3 Å². The lowest BCUT2D eigenvalue weighted by Gasteiger charge is -2.02. The van der Waals surface area contributed by atoms with Crippen LogP contribution >= 0.6 is 0 Å². The molecule has 0 aliphatic heterocycles. The van der Waals surface area contributed by atoms with Gasteiger partial charge in [-0.25, -0.2) is 4.63 Å². The van der Waals surface area contributed by atoms with E-state index in [9.17, 15) is 0 Å². The molecule has 3 heteroatoms. The molecular weight excluding hydrogens is 116 g/mol. The van der Waals surface area contributed by atoms with Crippen molar-refractivity contribution in [2.24, 2.45) is 0 Å². The summed E-state index contributed by atoms with van der Waals surface area (Å²) in [5.74, 6) is 0. The molecule has 46 valence electrons. The van der Waals surface area contributed by atoms with Gasteiger partial charge in [-0.15, -0.1) is 0 Å². The van der Waals surface area contributed by atoms with Crippen LogP contribution in [-0.2, 0) is 6.42 Å². The molecule has 0 saturated heterocycles. The minimum atomic E-state index is 0.821. The Bertz CT molecular complexity index is 186. The Morgan fingerprint density at radius 2 is 2.44 bits per heavy atom. The Labute approximate surface area is 53.0 Å². The predicted molar refractivity (Wildman–Crippen MR) is 29.6 cm³/mol. The second-order valence-electron chi connectivity index (χ2n) is 2.09. The molecule has 1 aromatic rings. The Kier molecular flexibility index (Phi) is 1.01. The lowest BCUT2D eigenvalue weighted by atomic mass is 10.0. The van der Waals surface area contributed by atoms with Crippen LogP contribution < -0.4 is 0 Å². The molecule has 0 amide bonds. The molecule has 2 rings (SSSR count). The third-order valence-electron chi connectivity index (χ3n) is 1.44. The van der Waals surface area contributed by atoms with Gasteiger partial charge in [0.1, 0.15) is 11.4 Å². The molecule has 1 aromatic heterocycles. The minimum Gasteiger partial charge on any atom is -0.244 e. The van der Waals surface area contributed by atoms with Crippen LogP contribution in [0.15, 0.2) is 4.63 Å². The summed E-state index contributed by atoms with van der Waals surface area (Å²) in [6.07, 6.45) is 6.18. The average molecular weight is 122 g/mol. The summed E-state index contributed by atoms with van der Waals surface area (Å²) in [7, 11) is 0. The summed E-state index contributed by atoms with van der Waals surface area (Å²) in [5, 5.41) is 7.37. The average Bonchev–Trinajstić information content (AvgIpc) is 2.33. The molecular formula is C6H6N2O. The highest BCUT2D eigenvalue weighted by atomic mass is 16.6. The lowest BCUT2D eigenvalue weighted by molar-refractivity contribution is 0.302. The van der Waals surface area contributed by atoms with Crippen molar-refractivity contribution in [2.45, 2.75) is 19.3 Å². The largest absolute Gasteiger partial charge is 0.244 e. The maximum Gasteiger partial charge on any atom is 0.116 e. The topological polar surface area (TPSA) is 38.9 Å². The van der Waals surface area contributed by atoms with Crippen molar-refractivity contribution in [3.8, 4) is 0 Å². The fraction of sp³-hybridized carbons (Fsp3) is 0.500. The fourth-order valence-corrected chi connectivity index (χ4v) is 0.967. The number of hydrogen-bond donors (Lipinski definition) is 0. The molecule has 0 bridgehead atoms. The first-order valence-electron chi connectivity index (χ1n) is 3.02. The van der Waals surface area contributed by atoms with Crippen LogP contribution in [0.1, 0.15) is 24.2 Å². The van der Waals surface area contributed by atoms with Crippen molar-refractivity contribution in [1.82, 2.24) is 10.3 Å². The van der Waals surface area contributed by atoms with Gasteiger partial charge in [0.2, 0.25) is 0 Å². The van der Waals surface area contributed by atoms with E-state index in [1.807, 2.05) is 0 Å². The van der Waals surface area contributed by atoms with Gasteiger partial charge < -0.3 is 0 Å². The third kappa shape index (κ3) is 0.724. The first-order valence-corrected chi connectivity index (χ1v) is 3.02. The van der Waals surface area contributed by atoms with Gasteiger partial charge in [-0.3, -0.25) is 0 Å². The standard InChI is InChI=1S/C6H6N2O/c1-2-4-6-5(3-1)7-9-8-6/h1-3H2. The van der Waals surface area contributed by atoms with Crippen LogP contribution in [0, 0.1) is 6.42 Å². The number of nitrogens with zero attached hydrogens (tertiary/aromatic N) is 2. The van der Waals surface area contributed by atoms with Crippen molar-refractivity contribution in [3.05, 3.63) is 17.8 Å².